The number of halogens is 2. The molecule has 0 aliphatic carbocycles. The van der Waals surface area contributed by atoms with Gasteiger partial charge in [-0.3, -0.25) is 10.2 Å². The first kappa shape index (κ1) is 15.1. The molecule has 7 heteroatoms. The molecule has 2 rings (SSSR count). The molecular weight excluding hydrogens is 319 g/mol. The summed E-state index contributed by atoms with van der Waals surface area (Å²) in [5, 5.41) is 0.899. The number of rotatable bonds is 4. The molecule has 3 N–H and O–H groups in total. The van der Waals surface area contributed by atoms with Crippen LogP contribution in [0.1, 0.15) is 20.1 Å². The Kier molecular flexibility index (Phi) is 4.88. The van der Waals surface area contributed by atoms with Crippen LogP contribution in [0, 0.1) is 6.92 Å². The fraction of sp³-hybridized carbons (Fsp3) is 0.154. The maximum Gasteiger partial charge on any atom is 0.275 e. The highest BCUT2D eigenvalue weighted by atomic mass is 35.5. The smallest absolute Gasteiger partial charge is 0.275 e. The summed E-state index contributed by atoms with van der Waals surface area (Å²) < 4.78 is 5.64. The average molecular weight is 331 g/mol. The Balaban J connectivity index is 2.15. The van der Waals surface area contributed by atoms with Crippen molar-refractivity contribution in [2.75, 3.05) is 0 Å². The Bertz CT molecular complexity index is 623. The number of para-hydroxylation sites is 1. The van der Waals surface area contributed by atoms with E-state index in [-0.39, 0.29) is 12.5 Å². The maximum absolute atomic E-state index is 11.5. The Morgan fingerprint density at radius 3 is 2.65 bits per heavy atom. The predicted octanol–water partition coefficient (Wildman–Crippen LogP) is 3.55. The first-order valence-electron chi connectivity index (χ1n) is 5.70. The quantitative estimate of drug-likeness (QED) is 0.512. The van der Waals surface area contributed by atoms with Crippen LogP contribution in [-0.4, -0.2) is 5.91 Å². The van der Waals surface area contributed by atoms with Crippen LogP contribution in [0.4, 0.5) is 0 Å². The summed E-state index contributed by atoms with van der Waals surface area (Å²) in [7, 11) is 0. The number of carbonyl (C=O) groups is 1. The zero-order valence-electron chi connectivity index (χ0n) is 10.6. The molecule has 0 aliphatic rings. The number of benzene rings is 1. The van der Waals surface area contributed by atoms with Crippen LogP contribution in [-0.2, 0) is 6.61 Å². The second-order valence-corrected chi connectivity index (χ2v) is 6.08. The molecule has 4 nitrogen and oxygen atoms in total. The minimum Gasteiger partial charge on any atom is -0.486 e. The van der Waals surface area contributed by atoms with Crippen LogP contribution < -0.4 is 16.0 Å². The van der Waals surface area contributed by atoms with Crippen molar-refractivity contribution >= 4 is 40.4 Å². The summed E-state index contributed by atoms with van der Waals surface area (Å²) in [6, 6.07) is 6.90. The third-order valence-electron chi connectivity index (χ3n) is 2.67. The molecule has 1 aromatic heterocycles. The maximum atomic E-state index is 11.5. The highest BCUT2D eigenvalue weighted by molar-refractivity contribution is 7.14. The van der Waals surface area contributed by atoms with E-state index in [2.05, 4.69) is 5.43 Å². The van der Waals surface area contributed by atoms with E-state index in [9.17, 15) is 4.79 Å². The molecule has 0 saturated heterocycles. The second-order valence-electron chi connectivity index (χ2n) is 4.00. The van der Waals surface area contributed by atoms with Crippen LogP contribution >= 0.6 is 34.5 Å². The van der Waals surface area contributed by atoms with Gasteiger partial charge in [-0.25, -0.2) is 5.84 Å². The molecule has 1 heterocycles. The third-order valence-corrected chi connectivity index (χ3v) is 4.35. The molecule has 0 saturated carbocycles. The lowest BCUT2D eigenvalue weighted by molar-refractivity contribution is 0.0957. The fourth-order valence-electron chi connectivity index (χ4n) is 1.62. The lowest BCUT2D eigenvalue weighted by atomic mass is 10.2. The molecular formula is C13H12Cl2N2O2S. The molecule has 0 atom stereocenters. The van der Waals surface area contributed by atoms with Crippen molar-refractivity contribution in [3.8, 4) is 5.75 Å². The van der Waals surface area contributed by atoms with Gasteiger partial charge in [-0.05, 0) is 25.1 Å². The summed E-state index contributed by atoms with van der Waals surface area (Å²) in [5.41, 5.74) is 3.00. The number of hydrazine groups is 1. The number of hydrogen-bond donors (Lipinski definition) is 2. The summed E-state index contributed by atoms with van der Waals surface area (Å²) >= 11 is 13.4. The molecule has 0 bridgehead atoms. The molecule has 0 spiro atoms. The lowest BCUT2D eigenvalue weighted by Gasteiger charge is -2.09. The van der Waals surface area contributed by atoms with Crippen molar-refractivity contribution in [2.24, 2.45) is 5.84 Å². The van der Waals surface area contributed by atoms with Crippen LogP contribution in [0.2, 0.25) is 10.0 Å². The van der Waals surface area contributed by atoms with E-state index < -0.39 is 0 Å². The van der Waals surface area contributed by atoms with Gasteiger partial charge in [0.15, 0.2) is 5.75 Å². The first-order chi connectivity index (χ1) is 9.52. The zero-order chi connectivity index (χ0) is 14.7. The molecule has 106 valence electrons. The lowest BCUT2D eigenvalue weighted by Crippen LogP contribution is -2.29. The SMILES string of the molecule is Cc1sc(C(=O)NN)cc1COc1c(Cl)cccc1Cl. The number of nitrogens with two attached hydrogens (primary N) is 1. The van der Waals surface area contributed by atoms with Gasteiger partial charge in [-0.2, -0.15) is 0 Å². The van der Waals surface area contributed by atoms with Crippen molar-refractivity contribution in [2.45, 2.75) is 13.5 Å². The summed E-state index contributed by atoms with van der Waals surface area (Å²) in [6.45, 7) is 2.19. The Hall–Kier alpha value is -1.27. The van der Waals surface area contributed by atoms with E-state index in [0.717, 1.165) is 10.4 Å². The molecule has 20 heavy (non-hydrogen) atoms. The number of aryl methyl sites for hydroxylation is 1. The normalized spacial score (nSPS) is 10.4. The predicted molar refractivity (Wildman–Crippen MR) is 81.5 cm³/mol. The van der Waals surface area contributed by atoms with E-state index in [0.29, 0.717) is 20.7 Å². The molecule has 0 aliphatic heterocycles. The van der Waals surface area contributed by atoms with E-state index >= 15 is 0 Å². The average Bonchev–Trinajstić information content (AvgIpc) is 2.79. The van der Waals surface area contributed by atoms with E-state index in [1.807, 2.05) is 6.92 Å². The summed E-state index contributed by atoms with van der Waals surface area (Å²) in [4.78, 5) is 13.0. The van der Waals surface area contributed by atoms with Gasteiger partial charge >= 0.3 is 0 Å². The van der Waals surface area contributed by atoms with E-state index in [4.69, 9.17) is 33.8 Å². The molecule has 2 aromatic rings. The number of nitrogens with one attached hydrogen (secondary N) is 1. The first-order valence-corrected chi connectivity index (χ1v) is 7.27. The number of nitrogen functional groups attached to an aromatic ring is 1. The van der Waals surface area contributed by atoms with Crippen molar-refractivity contribution in [3.63, 3.8) is 0 Å². The van der Waals surface area contributed by atoms with Crippen molar-refractivity contribution in [1.82, 2.24) is 5.43 Å². The van der Waals surface area contributed by atoms with Gasteiger partial charge in [-0.15, -0.1) is 11.3 Å². The second kappa shape index (κ2) is 6.45. The topological polar surface area (TPSA) is 64.4 Å². The number of carbonyl (C=O) groups excluding carboxylic acids is 1. The van der Waals surface area contributed by atoms with Crippen molar-refractivity contribution in [3.05, 3.63) is 49.6 Å². The monoisotopic (exact) mass is 330 g/mol. The number of thiophene rings is 1. The molecule has 0 radical (unpaired) electrons. The third kappa shape index (κ3) is 3.24. The zero-order valence-corrected chi connectivity index (χ0v) is 12.9. The standard InChI is InChI=1S/C13H12Cl2N2O2S/c1-7-8(5-11(20-7)13(18)17-16)6-19-12-9(14)3-2-4-10(12)15/h2-5H,6,16H2,1H3,(H,17,18). The summed E-state index contributed by atoms with van der Waals surface area (Å²) in [6.07, 6.45) is 0. The van der Waals surface area contributed by atoms with Gasteiger partial charge in [0, 0.05) is 10.4 Å². The Morgan fingerprint density at radius 1 is 1.40 bits per heavy atom. The van der Waals surface area contributed by atoms with E-state index in [1.54, 1.807) is 24.3 Å². The molecule has 1 aromatic carbocycles. The van der Waals surface area contributed by atoms with Gasteiger partial charge in [0.2, 0.25) is 0 Å². The number of hydrogen-bond acceptors (Lipinski definition) is 4. The van der Waals surface area contributed by atoms with Crippen molar-refractivity contribution in [1.29, 1.82) is 0 Å². The van der Waals surface area contributed by atoms with E-state index in [1.165, 1.54) is 11.3 Å². The summed E-state index contributed by atoms with van der Waals surface area (Å²) in [5.74, 6) is 5.23. The minimum atomic E-state index is -0.319. The fourth-order valence-corrected chi connectivity index (χ4v) is 3.05. The highest BCUT2D eigenvalue weighted by Gasteiger charge is 2.13. The van der Waals surface area contributed by atoms with Gasteiger partial charge in [0.1, 0.15) is 6.61 Å². The van der Waals surface area contributed by atoms with Crippen LogP contribution in [0.3, 0.4) is 0 Å². The van der Waals surface area contributed by atoms with Gasteiger partial charge in [0.05, 0.1) is 14.9 Å². The number of ether oxygens (including phenoxy) is 1. The Labute approximate surface area is 130 Å². The molecule has 1 amide bonds. The van der Waals surface area contributed by atoms with Crippen LogP contribution in [0.25, 0.3) is 0 Å². The highest BCUT2D eigenvalue weighted by Crippen LogP contribution is 2.33. The van der Waals surface area contributed by atoms with Gasteiger partial charge in [0.25, 0.3) is 5.91 Å². The van der Waals surface area contributed by atoms with Crippen molar-refractivity contribution < 1.29 is 9.53 Å². The molecule has 0 fully saturated rings. The van der Waals surface area contributed by atoms with Crippen LogP contribution in [0.15, 0.2) is 24.3 Å². The van der Waals surface area contributed by atoms with Crippen LogP contribution in [0.5, 0.6) is 5.75 Å². The Morgan fingerprint density at radius 2 is 2.05 bits per heavy atom. The minimum absolute atomic E-state index is 0.281. The number of amides is 1. The molecule has 0 unspecified atom stereocenters. The van der Waals surface area contributed by atoms with Gasteiger partial charge < -0.3 is 4.74 Å². The van der Waals surface area contributed by atoms with Gasteiger partial charge in [-0.1, -0.05) is 29.3 Å². The largest absolute Gasteiger partial charge is 0.486 e.